The van der Waals surface area contributed by atoms with Gasteiger partial charge in [-0.2, -0.15) is 0 Å². The quantitative estimate of drug-likeness (QED) is 0.876. The Morgan fingerprint density at radius 2 is 2.16 bits per heavy atom. The Hall–Kier alpha value is -1.59. The van der Waals surface area contributed by atoms with Gasteiger partial charge in [0, 0.05) is 10.7 Å². The largest absolute Gasteiger partial charge is 0.478 e. The van der Waals surface area contributed by atoms with Crippen molar-refractivity contribution in [3.8, 4) is 0 Å². The van der Waals surface area contributed by atoms with Gasteiger partial charge in [-0.05, 0) is 46.6 Å². The van der Waals surface area contributed by atoms with E-state index < -0.39 is 5.97 Å². The van der Waals surface area contributed by atoms with Crippen LogP contribution in [-0.2, 0) is 0 Å². The van der Waals surface area contributed by atoms with Crippen molar-refractivity contribution < 1.29 is 9.90 Å². The number of rotatable bonds is 3. The van der Waals surface area contributed by atoms with Crippen LogP contribution in [0.3, 0.4) is 0 Å². The van der Waals surface area contributed by atoms with Crippen LogP contribution in [-0.4, -0.2) is 16.1 Å². The number of hydrogen-bond donors (Lipinski definition) is 2. The van der Waals surface area contributed by atoms with Crippen LogP contribution in [0, 0.1) is 6.92 Å². The minimum Gasteiger partial charge on any atom is -0.478 e. The summed E-state index contributed by atoms with van der Waals surface area (Å²) in [6.07, 6.45) is 1.31. The van der Waals surface area contributed by atoms with Crippen molar-refractivity contribution in [3.05, 3.63) is 51.1 Å². The molecule has 0 fully saturated rings. The minimum absolute atomic E-state index is 0.0161. The summed E-state index contributed by atoms with van der Waals surface area (Å²) < 4.78 is 0.876. The van der Waals surface area contributed by atoms with Crippen LogP contribution in [0.1, 0.15) is 15.9 Å². The van der Waals surface area contributed by atoms with Crippen LogP contribution < -0.4 is 5.32 Å². The summed E-state index contributed by atoms with van der Waals surface area (Å²) in [7, 11) is 0. The number of nitrogens with zero attached hydrogens (tertiary/aromatic N) is 1. The zero-order valence-corrected chi connectivity index (χ0v) is 12.3. The lowest BCUT2D eigenvalue weighted by molar-refractivity contribution is 0.0697. The number of aryl methyl sites for hydroxylation is 1. The third-order valence-corrected chi connectivity index (χ3v) is 3.43. The molecule has 6 heteroatoms. The van der Waals surface area contributed by atoms with Crippen molar-refractivity contribution in [2.45, 2.75) is 6.92 Å². The van der Waals surface area contributed by atoms with E-state index in [-0.39, 0.29) is 10.6 Å². The number of carboxylic acid groups (broad SMARTS) is 1. The van der Waals surface area contributed by atoms with E-state index in [1.54, 1.807) is 0 Å². The molecule has 98 valence electrons. The fourth-order valence-corrected chi connectivity index (χ4v) is 2.31. The summed E-state index contributed by atoms with van der Waals surface area (Å²) in [5.74, 6) is -0.662. The van der Waals surface area contributed by atoms with Gasteiger partial charge in [-0.25, -0.2) is 9.78 Å². The lowest BCUT2D eigenvalue weighted by Crippen LogP contribution is -2.01. The van der Waals surface area contributed by atoms with E-state index in [2.05, 4.69) is 26.2 Å². The van der Waals surface area contributed by atoms with E-state index in [1.165, 1.54) is 12.3 Å². The van der Waals surface area contributed by atoms with Crippen molar-refractivity contribution in [1.82, 2.24) is 4.98 Å². The summed E-state index contributed by atoms with van der Waals surface area (Å²) in [5, 5.41) is 12.2. The Morgan fingerprint density at radius 3 is 2.79 bits per heavy atom. The summed E-state index contributed by atoms with van der Waals surface area (Å²) in [6, 6.07) is 7.19. The van der Waals surface area contributed by atoms with Crippen molar-refractivity contribution >= 4 is 45.0 Å². The number of aromatic carboxylic acids is 1. The fourth-order valence-electron chi connectivity index (χ4n) is 1.53. The molecule has 1 aromatic carbocycles. The van der Waals surface area contributed by atoms with E-state index in [0.717, 1.165) is 15.7 Å². The van der Waals surface area contributed by atoms with Gasteiger partial charge >= 0.3 is 5.97 Å². The third-order valence-electron chi connectivity index (χ3n) is 2.47. The van der Waals surface area contributed by atoms with Gasteiger partial charge < -0.3 is 10.4 Å². The molecule has 1 aromatic heterocycles. The number of carboxylic acids is 1. The zero-order valence-electron chi connectivity index (χ0n) is 9.95. The standard InChI is InChI=1S/C13H10BrClN2O2/c1-7-2-3-11(9(14)4-7)17-12-5-8(13(18)19)10(15)6-16-12/h2-6H,1H3,(H,16,17)(H,18,19). The molecule has 0 amide bonds. The second kappa shape index (κ2) is 5.59. The highest BCUT2D eigenvalue weighted by molar-refractivity contribution is 9.10. The SMILES string of the molecule is Cc1ccc(Nc2cc(C(=O)O)c(Cl)cn2)c(Br)c1. The highest BCUT2D eigenvalue weighted by Crippen LogP contribution is 2.27. The first-order valence-corrected chi connectivity index (χ1v) is 6.56. The lowest BCUT2D eigenvalue weighted by Gasteiger charge is -2.09. The number of nitrogens with one attached hydrogen (secondary N) is 1. The molecule has 0 saturated heterocycles. The summed E-state index contributed by atoms with van der Waals surface area (Å²) in [6.45, 7) is 1.98. The maximum atomic E-state index is 11.0. The van der Waals surface area contributed by atoms with Crippen molar-refractivity contribution in [3.63, 3.8) is 0 Å². The number of pyridine rings is 1. The average molecular weight is 342 g/mol. The van der Waals surface area contributed by atoms with E-state index in [1.807, 2.05) is 25.1 Å². The molecule has 0 radical (unpaired) electrons. The Morgan fingerprint density at radius 1 is 1.42 bits per heavy atom. The first-order valence-electron chi connectivity index (χ1n) is 5.39. The number of halogens is 2. The fraction of sp³-hybridized carbons (Fsp3) is 0.0769. The molecule has 0 atom stereocenters. The molecule has 0 aliphatic carbocycles. The summed E-state index contributed by atoms with van der Waals surface area (Å²) >= 11 is 9.20. The van der Waals surface area contributed by atoms with Gasteiger partial charge in [0.25, 0.3) is 0 Å². The predicted octanol–water partition coefficient (Wildman–Crippen LogP) is 4.25. The maximum Gasteiger partial charge on any atom is 0.337 e. The van der Waals surface area contributed by atoms with Crippen molar-refractivity contribution in [2.24, 2.45) is 0 Å². The van der Waals surface area contributed by atoms with Gasteiger partial charge in [0.05, 0.1) is 16.3 Å². The molecule has 0 aliphatic heterocycles. The lowest BCUT2D eigenvalue weighted by atomic mass is 10.2. The van der Waals surface area contributed by atoms with E-state index >= 15 is 0 Å². The zero-order chi connectivity index (χ0) is 14.0. The molecule has 19 heavy (non-hydrogen) atoms. The predicted molar refractivity (Wildman–Crippen MR) is 78.4 cm³/mol. The molecule has 0 spiro atoms. The third kappa shape index (κ3) is 3.24. The molecule has 0 saturated carbocycles. The number of hydrogen-bond acceptors (Lipinski definition) is 3. The van der Waals surface area contributed by atoms with Crippen LogP contribution >= 0.6 is 27.5 Å². The minimum atomic E-state index is -1.08. The Balaban J connectivity index is 2.33. The number of anilines is 2. The molecule has 1 heterocycles. The summed E-state index contributed by atoms with van der Waals surface area (Å²) in [4.78, 5) is 15.0. The summed E-state index contributed by atoms with van der Waals surface area (Å²) in [5.41, 5.74) is 1.94. The smallest absolute Gasteiger partial charge is 0.337 e. The van der Waals surface area contributed by atoms with Gasteiger partial charge in [0.2, 0.25) is 0 Å². The second-order valence-corrected chi connectivity index (χ2v) is 5.22. The maximum absolute atomic E-state index is 11.0. The van der Waals surface area contributed by atoms with Gasteiger partial charge in [-0.1, -0.05) is 17.7 Å². The van der Waals surface area contributed by atoms with Crippen LogP contribution in [0.25, 0.3) is 0 Å². The van der Waals surface area contributed by atoms with Crippen LogP contribution in [0.5, 0.6) is 0 Å². The van der Waals surface area contributed by atoms with Gasteiger partial charge in [0.15, 0.2) is 0 Å². The Bertz CT molecular complexity index is 647. The molecule has 0 aliphatic rings. The van der Waals surface area contributed by atoms with Gasteiger partial charge in [-0.15, -0.1) is 0 Å². The molecular weight excluding hydrogens is 332 g/mol. The molecule has 0 unspecified atom stereocenters. The molecule has 0 bridgehead atoms. The number of aromatic nitrogens is 1. The van der Waals surface area contributed by atoms with Crippen molar-refractivity contribution in [2.75, 3.05) is 5.32 Å². The normalized spacial score (nSPS) is 10.3. The van der Waals surface area contributed by atoms with E-state index in [4.69, 9.17) is 16.7 Å². The molecule has 4 nitrogen and oxygen atoms in total. The first-order chi connectivity index (χ1) is 8.97. The first kappa shape index (κ1) is 13.8. The number of carbonyl (C=O) groups is 1. The molecule has 2 aromatic rings. The van der Waals surface area contributed by atoms with Crippen LogP contribution in [0.15, 0.2) is 34.9 Å². The van der Waals surface area contributed by atoms with E-state index in [9.17, 15) is 4.79 Å². The Kier molecular flexibility index (Phi) is 4.07. The van der Waals surface area contributed by atoms with Gasteiger partial charge in [-0.3, -0.25) is 0 Å². The Labute approximate surface area is 123 Å². The van der Waals surface area contributed by atoms with Crippen LogP contribution in [0.2, 0.25) is 5.02 Å². The number of benzene rings is 1. The molecular formula is C13H10BrClN2O2. The highest BCUT2D eigenvalue weighted by Gasteiger charge is 2.11. The van der Waals surface area contributed by atoms with Crippen LogP contribution in [0.4, 0.5) is 11.5 Å². The topological polar surface area (TPSA) is 62.2 Å². The highest BCUT2D eigenvalue weighted by atomic mass is 79.9. The molecule has 2 rings (SSSR count). The van der Waals surface area contributed by atoms with E-state index in [0.29, 0.717) is 5.82 Å². The molecule has 2 N–H and O–H groups in total. The van der Waals surface area contributed by atoms with Crippen molar-refractivity contribution in [1.29, 1.82) is 0 Å². The van der Waals surface area contributed by atoms with Gasteiger partial charge in [0.1, 0.15) is 5.82 Å². The monoisotopic (exact) mass is 340 g/mol. The second-order valence-electron chi connectivity index (χ2n) is 3.96. The average Bonchev–Trinajstić information content (AvgIpc) is 2.34.